The van der Waals surface area contributed by atoms with Crippen molar-refractivity contribution in [2.24, 2.45) is 0 Å². The molecule has 2 heterocycles. The molecule has 0 amide bonds. The van der Waals surface area contributed by atoms with Gasteiger partial charge in [0.15, 0.2) is 0 Å². The average Bonchev–Trinajstić information content (AvgIpc) is 3.22. The highest BCUT2D eigenvalue weighted by molar-refractivity contribution is 5.30. The van der Waals surface area contributed by atoms with E-state index in [0.717, 1.165) is 11.1 Å². The summed E-state index contributed by atoms with van der Waals surface area (Å²) in [5.74, 6) is -1.33. The van der Waals surface area contributed by atoms with E-state index in [4.69, 9.17) is 9.47 Å². The monoisotopic (exact) mass is 254 g/mol. The van der Waals surface area contributed by atoms with Crippen molar-refractivity contribution in [3.8, 4) is 0 Å². The third-order valence-electron chi connectivity index (χ3n) is 3.83. The van der Waals surface area contributed by atoms with E-state index in [1.54, 1.807) is 0 Å². The molecule has 2 saturated heterocycles. The number of benzene rings is 2. The van der Waals surface area contributed by atoms with Crippen molar-refractivity contribution < 1.29 is 14.6 Å². The van der Waals surface area contributed by atoms with Crippen LogP contribution < -0.4 is 0 Å². The second-order valence-corrected chi connectivity index (χ2v) is 5.03. The third kappa shape index (κ3) is 1.63. The Bertz CT molecular complexity index is 583. The number of epoxide rings is 1. The van der Waals surface area contributed by atoms with Crippen molar-refractivity contribution >= 4 is 0 Å². The molecule has 0 aliphatic carbocycles. The zero-order valence-electron chi connectivity index (χ0n) is 10.3. The molecule has 0 radical (unpaired) electrons. The van der Waals surface area contributed by atoms with Crippen LogP contribution in [0.4, 0.5) is 0 Å². The Morgan fingerprint density at radius 1 is 0.895 bits per heavy atom. The zero-order chi connectivity index (χ0) is 12.9. The van der Waals surface area contributed by atoms with Gasteiger partial charge in [0.25, 0.3) is 0 Å². The van der Waals surface area contributed by atoms with Crippen LogP contribution in [0.5, 0.6) is 0 Å². The molecule has 96 valence electrons. The van der Waals surface area contributed by atoms with Gasteiger partial charge in [-0.2, -0.15) is 0 Å². The second kappa shape index (κ2) is 3.90. The lowest BCUT2D eigenvalue weighted by molar-refractivity contribution is -0.242. The molecule has 2 aliphatic rings. The molecule has 2 fully saturated rings. The number of ether oxygens (including phenoxy) is 2. The standard InChI is InChI=1S/C16H14O3/c17-16(12-9-5-2-6-10-12)15-14(18-15)13(19-16)11-7-3-1-4-8-11/h1-10,13-15,17H/t13-,14-,15-,16-/m0/s1. The average molecular weight is 254 g/mol. The van der Waals surface area contributed by atoms with Crippen molar-refractivity contribution in [2.45, 2.75) is 24.1 Å². The van der Waals surface area contributed by atoms with Crippen LogP contribution in [-0.4, -0.2) is 17.3 Å². The molecule has 1 N–H and O–H groups in total. The fourth-order valence-electron chi connectivity index (χ4n) is 2.81. The molecule has 2 aromatic carbocycles. The van der Waals surface area contributed by atoms with Gasteiger partial charge in [-0.25, -0.2) is 0 Å². The SMILES string of the molecule is O[C@@]1(c2ccccc2)O[C@@H](c2ccccc2)[C@@H]2O[C@@H]21. The minimum absolute atomic E-state index is 0.0485. The fourth-order valence-corrected chi connectivity index (χ4v) is 2.81. The van der Waals surface area contributed by atoms with Gasteiger partial charge in [0.2, 0.25) is 5.79 Å². The largest absolute Gasteiger partial charge is 0.360 e. The van der Waals surface area contributed by atoms with E-state index in [2.05, 4.69) is 0 Å². The van der Waals surface area contributed by atoms with Crippen LogP contribution in [0.15, 0.2) is 60.7 Å². The molecule has 4 rings (SSSR count). The van der Waals surface area contributed by atoms with Crippen molar-refractivity contribution in [3.05, 3.63) is 71.8 Å². The number of hydrogen-bond acceptors (Lipinski definition) is 3. The van der Waals surface area contributed by atoms with E-state index in [0.29, 0.717) is 0 Å². The molecular formula is C16H14O3. The van der Waals surface area contributed by atoms with Crippen LogP contribution in [0.25, 0.3) is 0 Å². The van der Waals surface area contributed by atoms with Crippen LogP contribution in [0.1, 0.15) is 17.2 Å². The first-order valence-corrected chi connectivity index (χ1v) is 6.45. The molecule has 0 saturated carbocycles. The maximum atomic E-state index is 10.8. The minimum atomic E-state index is -1.33. The number of rotatable bonds is 2. The number of aliphatic hydroxyl groups is 1. The van der Waals surface area contributed by atoms with Crippen LogP contribution >= 0.6 is 0 Å². The molecule has 0 bridgehead atoms. The van der Waals surface area contributed by atoms with E-state index in [1.165, 1.54) is 0 Å². The van der Waals surface area contributed by atoms with E-state index in [-0.39, 0.29) is 18.3 Å². The summed E-state index contributed by atoms with van der Waals surface area (Å²) >= 11 is 0. The Balaban J connectivity index is 1.69. The summed E-state index contributed by atoms with van der Waals surface area (Å²) in [5, 5.41) is 10.8. The smallest absolute Gasteiger partial charge is 0.223 e. The summed E-state index contributed by atoms with van der Waals surface area (Å²) in [6.07, 6.45) is -0.510. The highest BCUT2D eigenvalue weighted by Gasteiger charge is 2.67. The molecule has 3 heteroatoms. The molecule has 19 heavy (non-hydrogen) atoms. The zero-order valence-corrected chi connectivity index (χ0v) is 10.3. The highest BCUT2D eigenvalue weighted by atomic mass is 16.7. The van der Waals surface area contributed by atoms with Crippen molar-refractivity contribution in [3.63, 3.8) is 0 Å². The quantitative estimate of drug-likeness (QED) is 0.837. The van der Waals surface area contributed by atoms with Gasteiger partial charge in [0, 0.05) is 5.56 Å². The molecule has 3 nitrogen and oxygen atoms in total. The first-order chi connectivity index (χ1) is 9.29. The molecule has 2 aromatic rings. The lowest BCUT2D eigenvalue weighted by atomic mass is 10.0. The molecule has 0 spiro atoms. The van der Waals surface area contributed by atoms with Gasteiger partial charge in [0.1, 0.15) is 18.3 Å². The Hall–Kier alpha value is -1.68. The Morgan fingerprint density at radius 3 is 2.21 bits per heavy atom. The summed E-state index contributed by atoms with van der Waals surface area (Å²) in [4.78, 5) is 0. The van der Waals surface area contributed by atoms with Gasteiger partial charge < -0.3 is 14.6 Å². The van der Waals surface area contributed by atoms with Gasteiger partial charge in [-0.1, -0.05) is 60.7 Å². The third-order valence-corrected chi connectivity index (χ3v) is 3.83. The van der Waals surface area contributed by atoms with Gasteiger partial charge in [0.05, 0.1) is 0 Å². The van der Waals surface area contributed by atoms with Crippen LogP contribution in [0.2, 0.25) is 0 Å². The summed E-state index contributed by atoms with van der Waals surface area (Å²) in [6, 6.07) is 19.3. The molecule has 0 aromatic heterocycles. The number of fused-ring (bicyclic) bond motifs is 1. The summed E-state index contributed by atoms with van der Waals surface area (Å²) in [7, 11) is 0. The first-order valence-electron chi connectivity index (χ1n) is 6.45. The second-order valence-electron chi connectivity index (χ2n) is 5.03. The van der Waals surface area contributed by atoms with E-state index < -0.39 is 5.79 Å². The van der Waals surface area contributed by atoms with Crippen molar-refractivity contribution in [2.75, 3.05) is 0 Å². The van der Waals surface area contributed by atoms with Crippen LogP contribution in [-0.2, 0) is 15.3 Å². The predicted octanol–water partition coefficient (Wildman–Crippen LogP) is 2.37. The topological polar surface area (TPSA) is 42.0 Å². The van der Waals surface area contributed by atoms with Gasteiger partial charge in [-0.15, -0.1) is 0 Å². The fraction of sp³-hybridized carbons (Fsp3) is 0.250. The highest BCUT2D eigenvalue weighted by Crippen LogP contribution is 2.55. The Kier molecular flexibility index (Phi) is 2.30. The minimum Gasteiger partial charge on any atom is -0.360 e. The van der Waals surface area contributed by atoms with Gasteiger partial charge >= 0.3 is 0 Å². The molecule has 2 aliphatic heterocycles. The summed E-state index contributed by atoms with van der Waals surface area (Å²) in [6.45, 7) is 0. The molecule has 0 unspecified atom stereocenters. The van der Waals surface area contributed by atoms with Gasteiger partial charge in [-0.3, -0.25) is 0 Å². The van der Waals surface area contributed by atoms with Crippen LogP contribution in [0.3, 0.4) is 0 Å². The molecule has 4 atom stereocenters. The van der Waals surface area contributed by atoms with E-state index in [1.807, 2.05) is 60.7 Å². The maximum Gasteiger partial charge on any atom is 0.223 e. The number of hydrogen-bond donors (Lipinski definition) is 1. The summed E-state index contributed by atoms with van der Waals surface area (Å²) in [5.41, 5.74) is 1.79. The summed E-state index contributed by atoms with van der Waals surface area (Å²) < 4.78 is 11.5. The maximum absolute atomic E-state index is 10.8. The first kappa shape index (κ1) is 11.2. The van der Waals surface area contributed by atoms with Crippen molar-refractivity contribution in [1.82, 2.24) is 0 Å². The van der Waals surface area contributed by atoms with E-state index >= 15 is 0 Å². The lowest BCUT2D eigenvalue weighted by Crippen LogP contribution is -2.32. The molecular weight excluding hydrogens is 240 g/mol. The predicted molar refractivity (Wildman–Crippen MR) is 69.3 cm³/mol. The Labute approximate surface area is 111 Å². The van der Waals surface area contributed by atoms with Crippen molar-refractivity contribution in [1.29, 1.82) is 0 Å². The van der Waals surface area contributed by atoms with Gasteiger partial charge in [-0.05, 0) is 5.56 Å². The lowest BCUT2D eigenvalue weighted by Gasteiger charge is -2.26. The normalized spacial score (nSPS) is 35.9. The van der Waals surface area contributed by atoms with E-state index in [9.17, 15) is 5.11 Å². The van der Waals surface area contributed by atoms with Crippen LogP contribution in [0, 0.1) is 0 Å². The Morgan fingerprint density at radius 2 is 1.53 bits per heavy atom.